The lowest BCUT2D eigenvalue weighted by Gasteiger charge is -2.44. The van der Waals surface area contributed by atoms with E-state index in [0.717, 1.165) is 30.3 Å². The van der Waals surface area contributed by atoms with Crippen molar-refractivity contribution in [2.45, 2.75) is 56.3 Å². The predicted molar refractivity (Wildman–Crippen MR) is 85.2 cm³/mol. The average molecular weight is 319 g/mol. The van der Waals surface area contributed by atoms with Crippen LogP contribution < -0.4 is 5.56 Å². The SMILES string of the molecule is O=C(c1cnc2n(c1=O)CCS2)N1CCC[C@@H]2CCCC[C@@H]21. The molecule has 6 heteroatoms. The Morgan fingerprint density at radius 1 is 1.18 bits per heavy atom. The van der Waals surface area contributed by atoms with Crippen LogP contribution in [0, 0.1) is 5.92 Å². The zero-order valence-electron chi connectivity index (χ0n) is 12.7. The summed E-state index contributed by atoms with van der Waals surface area (Å²) in [5.41, 5.74) is 0.107. The number of hydrogen-bond donors (Lipinski definition) is 0. The van der Waals surface area contributed by atoms with Gasteiger partial charge in [-0.15, -0.1) is 0 Å². The Bertz CT molecular complexity index is 655. The molecule has 4 rings (SSSR count). The van der Waals surface area contributed by atoms with Crippen LogP contribution in [0.15, 0.2) is 16.1 Å². The quantitative estimate of drug-likeness (QED) is 0.744. The van der Waals surface area contributed by atoms with Gasteiger partial charge < -0.3 is 4.90 Å². The summed E-state index contributed by atoms with van der Waals surface area (Å²) >= 11 is 1.58. The molecule has 1 aromatic rings. The molecule has 2 atom stereocenters. The zero-order chi connectivity index (χ0) is 15.1. The monoisotopic (exact) mass is 319 g/mol. The van der Waals surface area contributed by atoms with Crippen molar-refractivity contribution in [2.24, 2.45) is 5.92 Å². The summed E-state index contributed by atoms with van der Waals surface area (Å²) in [7, 11) is 0. The molecule has 22 heavy (non-hydrogen) atoms. The van der Waals surface area contributed by atoms with Crippen LogP contribution in [-0.4, -0.2) is 38.7 Å². The van der Waals surface area contributed by atoms with Crippen LogP contribution in [0.5, 0.6) is 0 Å². The Balaban J connectivity index is 1.65. The van der Waals surface area contributed by atoms with Crippen LogP contribution in [0.4, 0.5) is 0 Å². The molecular weight excluding hydrogens is 298 g/mol. The highest BCUT2D eigenvalue weighted by atomic mass is 32.2. The molecule has 0 bridgehead atoms. The van der Waals surface area contributed by atoms with E-state index in [0.29, 0.717) is 18.5 Å². The summed E-state index contributed by atoms with van der Waals surface area (Å²) in [5, 5.41) is 0.746. The molecule has 3 heterocycles. The summed E-state index contributed by atoms with van der Waals surface area (Å²) in [5.74, 6) is 1.40. The number of nitrogens with zero attached hydrogens (tertiary/aromatic N) is 3. The molecule has 3 aliphatic rings. The maximum atomic E-state index is 12.9. The first-order valence-corrected chi connectivity index (χ1v) is 9.28. The van der Waals surface area contributed by atoms with Crippen molar-refractivity contribution in [1.82, 2.24) is 14.5 Å². The first-order chi connectivity index (χ1) is 10.8. The molecule has 1 aromatic heterocycles. The molecule has 0 aromatic carbocycles. The fraction of sp³-hybridized carbons (Fsp3) is 0.688. The topological polar surface area (TPSA) is 55.2 Å². The van der Waals surface area contributed by atoms with Crippen molar-refractivity contribution in [3.8, 4) is 0 Å². The minimum Gasteiger partial charge on any atom is -0.335 e. The number of piperidine rings is 1. The highest BCUT2D eigenvalue weighted by molar-refractivity contribution is 7.99. The van der Waals surface area contributed by atoms with Gasteiger partial charge in [-0.1, -0.05) is 24.6 Å². The van der Waals surface area contributed by atoms with Gasteiger partial charge >= 0.3 is 0 Å². The number of hydrogen-bond acceptors (Lipinski definition) is 4. The molecule has 118 valence electrons. The summed E-state index contributed by atoms with van der Waals surface area (Å²) in [6, 6.07) is 0.335. The maximum Gasteiger partial charge on any atom is 0.267 e. The van der Waals surface area contributed by atoms with E-state index in [4.69, 9.17) is 0 Å². The molecule has 0 spiro atoms. The van der Waals surface area contributed by atoms with E-state index >= 15 is 0 Å². The molecule has 0 radical (unpaired) electrons. The minimum atomic E-state index is -0.155. The number of thioether (sulfide) groups is 1. The minimum absolute atomic E-state index is 0.0960. The van der Waals surface area contributed by atoms with Gasteiger partial charge in [0.25, 0.3) is 11.5 Å². The van der Waals surface area contributed by atoms with E-state index in [1.165, 1.54) is 31.9 Å². The van der Waals surface area contributed by atoms with Crippen molar-refractivity contribution >= 4 is 17.7 Å². The number of carbonyl (C=O) groups excluding carboxylic acids is 1. The largest absolute Gasteiger partial charge is 0.335 e. The Kier molecular flexibility index (Phi) is 3.72. The van der Waals surface area contributed by atoms with Crippen molar-refractivity contribution < 1.29 is 4.79 Å². The van der Waals surface area contributed by atoms with Crippen LogP contribution in [0.25, 0.3) is 0 Å². The molecular formula is C16H21N3O2S. The van der Waals surface area contributed by atoms with Crippen LogP contribution in [-0.2, 0) is 6.54 Å². The van der Waals surface area contributed by atoms with Crippen LogP contribution in [0.3, 0.4) is 0 Å². The molecule has 0 N–H and O–H groups in total. The van der Waals surface area contributed by atoms with Crippen molar-refractivity contribution in [3.63, 3.8) is 0 Å². The van der Waals surface area contributed by atoms with E-state index in [1.54, 1.807) is 16.3 Å². The second-order valence-corrected chi connectivity index (χ2v) is 7.57. The molecule has 2 aliphatic heterocycles. The Hall–Kier alpha value is -1.30. The van der Waals surface area contributed by atoms with Gasteiger partial charge in [0.2, 0.25) is 0 Å². The summed E-state index contributed by atoms with van der Waals surface area (Å²) in [6.45, 7) is 1.45. The summed E-state index contributed by atoms with van der Waals surface area (Å²) < 4.78 is 1.65. The summed E-state index contributed by atoms with van der Waals surface area (Å²) in [6.07, 6.45) is 8.58. The molecule has 0 unspecified atom stereocenters. The normalized spacial score (nSPS) is 27.4. The standard InChI is InChI=1S/C16H21N3O2S/c20-14(12-10-17-16-19(15(12)21)8-9-22-16)18-7-3-5-11-4-1-2-6-13(11)18/h10-11,13H,1-9H2/t11-,13-/m0/s1. The van der Waals surface area contributed by atoms with Gasteiger partial charge in [0, 0.05) is 31.1 Å². The molecule has 2 fully saturated rings. The van der Waals surface area contributed by atoms with Crippen LogP contribution in [0.2, 0.25) is 0 Å². The number of carbonyl (C=O) groups is 1. The lowest BCUT2D eigenvalue weighted by Crippen LogP contribution is -2.51. The lowest BCUT2D eigenvalue weighted by molar-refractivity contribution is 0.0387. The highest BCUT2D eigenvalue weighted by Gasteiger charge is 2.37. The van der Waals surface area contributed by atoms with Gasteiger partial charge in [0.05, 0.1) is 0 Å². The fourth-order valence-corrected chi connectivity index (χ4v) is 5.11. The third-order valence-electron chi connectivity index (χ3n) is 5.29. The molecule has 5 nitrogen and oxygen atoms in total. The van der Waals surface area contributed by atoms with Crippen molar-refractivity contribution in [1.29, 1.82) is 0 Å². The van der Waals surface area contributed by atoms with Gasteiger partial charge in [-0.25, -0.2) is 4.98 Å². The first-order valence-electron chi connectivity index (χ1n) is 8.29. The number of likely N-dealkylation sites (tertiary alicyclic amines) is 1. The smallest absolute Gasteiger partial charge is 0.267 e. The van der Waals surface area contributed by atoms with E-state index in [9.17, 15) is 9.59 Å². The molecule has 1 aliphatic carbocycles. The van der Waals surface area contributed by atoms with Crippen molar-refractivity contribution in [2.75, 3.05) is 12.3 Å². The maximum absolute atomic E-state index is 12.9. The second-order valence-electron chi connectivity index (χ2n) is 6.51. The third-order valence-corrected chi connectivity index (χ3v) is 6.26. The van der Waals surface area contributed by atoms with E-state index < -0.39 is 0 Å². The van der Waals surface area contributed by atoms with Crippen LogP contribution in [0.1, 0.15) is 48.9 Å². The molecule has 1 saturated heterocycles. The lowest BCUT2D eigenvalue weighted by atomic mass is 9.78. The van der Waals surface area contributed by atoms with Gasteiger partial charge in [0.1, 0.15) is 5.56 Å². The Labute approximate surface area is 134 Å². The summed E-state index contributed by atoms with van der Waals surface area (Å²) in [4.78, 5) is 31.8. The number of amides is 1. The Morgan fingerprint density at radius 2 is 2.00 bits per heavy atom. The second kappa shape index (κ2) is 5.72. The fourth-order valence-electron chi connectivity index (χ4n) is 4.20. The number of fused-ring (bicyclic) bond motifs is 2. The van der Waals surface area contributed by atoms with Gasteiger partial charge in [-0.05, 0) is 31.6 Å². The predicted octanol–water partition coefficient (Wildman–Crippen LogP) is 2.14. The van der Waals surface area contributed by atoms with E-state index in [2.05, 4.69) is 4.98 Å². The highest BCUT2D eigenvalue weighted by Crippen LogP contribution is 2.35. The van der Waals surface area contributed by atoms with Gasteiger partial charge in [-0.3, -0.25) is 14.2 Å². The van der Waals surface area contributed by atoms with Crippen molar-refractivity contribution in [3.05, 3.63) is 22.1 Å². The zero-order valence-corrected chi connectivity index (χ0v) is 13.5. The number of aromatic nitrogens is 2. The van der Waals surface area contributed by atoms with E-state index in [1.807, 2.05) is 4.90 Å². The third kappa shape index (κ3) is 2.28. The first kappa shape index (κ1) is 14.3. The van der Waals surface area contributed by atoms with E-state index in [-0.39, 0.29) is 17.0 Å². The Morgan fingerprint density at radius 3 is 2.91 bits per heavy atom. The van der Waals surface area contributed by atoms with Gasteiger partial charge in [-0.2, -0.15) is 0 Å². The average Bonchev–Trinajstić information content (AvgIpc) is 3.04. The van der Waals surface area contributed by atoms with Gasteiger partial charge in [0.15, 0.2) is 5.16 Å². The molecule has 1 saturated carbocycles. The molecule has 1 amide bonds. The number of rotatable bonds is 1. The van der Waals surface area contributed by atoms with Crippen LogP contribution >= 0.6 is 11.8 Å².